The van der Waals surface area contributed by atoms with Gasteiger partial charge >= 0.3 is 0 Å². The molecule has 1 aromatic carbocycles. The zero-order valence-electron chi connectivity index (χ0n) is 15.9. The number of benzene rings is 1. The van der Waals surface area contributed by atoms with E-state index in [4.69, 9.17) is 4.74 Å². The third-order valence-corrected chi connectivity index (χ3v) is 5.51. The van der Waals surface area contributed by atoms with Gasteiger partial charge in [-0.15, -0.1) is 0 Å². The van der Waals surface area contributed by atoms with E-state index in [2.05, 4.69) is 42.9 Å². The minimum atomic E-state index is -0.151. The highest BCUT2D eigenvalue weighted by Gasteiger charge is 2.23. The molecule has 0 radical (unpaired) electrons. The van der Waals surface area contributed by atoms with Crippen LogP contribution in [0.2, 0.25) is 0 Å². The Morgan fingerprint density at radius 2 is 1.96 bits per heavy atom. The first-order valence-electron chi connectivity index (χ1n) is 9.48. The minimum Gasteiger partial charge on any atom is -0.490 e. The standard InChI is InChI=1S/C20H22N6O2/c1-24-9-8-14-16(24)4-3-5-17(14)28-13-6-10-26(11-7-13)20-22-18-15(19(27)23-20)12-21-25(18)2/h3-5,8-9,12-13H,6-7,10-11H2,1-2H3,(H,22,23,27). The van der Waals surface area contributed by atoms with Crippen LogP contribution in [0.25, 0.3) is 21.9 Å². The number of aryl methyl sites for hydroxylation is 2. The van der Waals surface area contributed by atoms with Crippen molar-refractivity contribution >= 4 is 27.9 Å². The summed E-state index contributed by atoms with van der Waals surface area (Å²) in [5.41, 5.74) is 1.62. The van der Waals surface area contributed by atoms with Crippen molar-refractivity contribution in [3.05, 3.63) is 47.0 Å². The maximum atomic E-state index is 12.3. The number of hydrogen-bond acceptors (Lipinski definition) is 5. The Balaban J connectivity index is 1.32. The fraction of sp³-hybridized carbons (Fsp3) is 0.350. The van der Waals surface area contributed by atoms with Gasteiger partial charge < -0.3 is 14.2 Å². The molecule has 0 unspecified atom stereocenters. The minimum absolute atomic E-state index is 0.147. The quantitative estimate of drug-likeness (QED) is 0.591. The number of fused-ring (bicyclic) bond motifs is 2. The summed E-state index contributed by atoms with van der Waals surface area (Å²) in [7, 11) is 3.83. The van der Waals surface area contributed by atoms with E-state index in [1.807, 2.05) is 19.2 Å². The second kappa shape index (κ2) is 6.40. The molecule has 0 spiro atoms. The largest absolute Gasteiger partial charge is 0.490 e. The van der Waals surface area contributed by atoms with Crippen LogP contribution in [-0.4, -0.2) is 43.5 Å². The molecule has 0 amide bonds. The van der Waals surface area contributed by atoms with Gasteiger partial charge in [0.25, 0.3) is 5.56 Å². The number of ether oxygens (including phenoxy) is 1. The maximum Gasteiger partial charge on any atom is 0.263 e. The van der Waals surface area contributed by atoms with E-state index in [9.17, 15) is 4.79 Å². The fourth-order valence-electron chi connectivity index (χ4n) is 3.91. The van der Waals surface area contributed by atoms with Gasteiger partial charge in [-0.3, -0.25) is 14.5 Å². The molecular weight excluding hydrogens is 356 g/mol. The number of aromatic amines is 1. The number of nitrogens with one attached hydrogen (secondary N) is 1. The Hall–Kier alpha value is -3.29. The van der Waals surface area contributed by atoms with Crippen LogP contribution in [0.1, 0.15) is 12.8 Å². The Labute approximate surface area is 161 Å². The molecule has 0 atom stereocenters. The predicted molar refractivity (Wildman–Crippen MR) is 108 cm³/mol. The molecule has 4 heterocycles. The van der Waals surface area contributed by atoms with Gasteiger partial charge in [-0.05, 0) is 18.2 Å². The first-order chi connectivity index (χ1) is 13.6. The van der Waals surface area contributed by atoms with E-state index in [0.29, 0.717) is 17.0 Å². The number of rotatable bonds is 3. The number of nitrogens with zero attached hydrogens (tertiary/aromatic N) is 5. The number of anilines is 1. The van der Waals surface area contributed by atoms with Crippen molar-refractivity contribution in [2.24, 2.45) is 14.1 Å². The molecule has 8 heteroatoms. The molecule has 1 N–H and O–H groups in total. The summed E-state index contributed by atoms with van der Waals surface area (Å²) in [6, 6.07) is 8.26. The number of piperidine rings is 1. The van der Waals surface area contributed by atoms with Gasteiger partial charge in [-0.2, -0.15) is 10.1 Å². The Morgan fingerprint density at radius 3 is 2.79 bits per heavy atom. The van der Waals surface area contributed by atoms with E-state index in [1.165, 1.54) is 5.52 Å². The summed E-state index contributed by atoms with van der Waals surface area (Å²) in [5.74, 6) is 1.53. The van der Waals surface area contributed by atoms with Gasteiger partial charge in [0.15, 0.2) is 5.65 Å². The van der Waals surface area contributed by atoms with E-state index in [-0.39, 0.29) is 11.7 Å². The summed E-state index contributed by atoms with van der Waals surface area (Å²) in [4.78, 5) is 21.9. The molecule has 3 aromatic heterocycles. The highest BCUT2D eigenvalue weighted by molar-refractivity contribution is 5.86. The summed E-state index contributed by atoms with van der Waals surface area (Å²) in [6.07, 6.45) is 5.49. The van der Waals surface area contributed by atoms with Crippen molar-refractivity contribution in [1.82, 2.24) is 24.3 Å². The average Bonchev–Trinajstić information content (AvgIpc) is 3.27. The smallest absolute Gasteiger partial charge is 0.263 e. The number of H-pyrrole nitrogens is 1. The molecule has 1 aliphatic heterocycles. The van der Waals surface area contributed by atoms with Crippen molar-refractivity contribution in [2.45, 2.75) is 18.9 Å². The molecule has 8 nitrogen and oxygen atoms in total. The highest BCUT2D eigenvalue weighted by Crippen LogP contribution is 2.29. The molecule has 5 rings (SSSR count). The number of aromatic nitrogens is 5. The van der Waals surface area contributed by atoms with Crippen molar-refractivity contribution in [3.8, 4) is 5.75 Å². The molecule has 1 fully saturated rings. The van der Waals surface area contributed by atoms with Crippen LogP contribution in [0, 0.1) is 0 Å². The SMILES string of the molecule is Cn1ccc2c(OC3CCN(c4nc5c(cnn5C)c(=O)[nH]4)CC3)cccc21. The molecule has 1 saturated heterocycles. The van der Waals surface area contributed by atoms with Gasteiger partial charge in [0.1, 0.15) is 17.2 Å². The second-order valence-corrected chi connectivity index (χ2v) is 7.31. The zero-order valence-corrected chi connectivity index (χ0v) is 15.9. The summed E-state index contributed by atoms with van der Waals surface area (Å²) >= 11 is 0. The van der Waals surface area contributed by atoms with Gasteiger partial charge in [-0.25, -0.2) is 0 Å². The fourth-order valence-corrected chi connectivity index (χ4v) is 3.91. The third-order valence-electron chi connectivity index (χ3n) is 5.51. The Morgan fingerprint density at radius 1 is 1.14 bits per heavy atom. The molecule has 0 saturated carbocycles. The Kier molecular flexibility index (Phi) is 3.85. The summed E-state index contributed by atoms with van der Waals surface area (Å²) in [6.45, 7) is 1.56. The van der Waals surface area contributed by atoms with Crippen LogP contribution < -0.4 is 15.2 Å². The topological polar surface area (TPSA) is 81.0 Å². The molecule has 4 aromatic rings. The molecule has 0 aliphatic carbocycles. The molecule has 0 bridgehead atoms. The maximum absolute atomic E-state index is 12.3. The molecule has 28 heavy (non-hydrogen) atoms. The molecular formula is C20H22N6O2. The van der Waals surface area contributed by atoms with Crippen molar-refractivity contribution in [2.75, 3.05) is 18.0 Å². The van der Waals surface area contributed by atoms with Gasteiger partial charge in [0.2, 0.25) is 5.95 Å². The highest BCUT2D eigenvalue weighted by atomic mass is 16.5. The lowest BCUT2D eigenvalue weighted by molar-refractivity contribution is 0.172. The summed E-state index contributed by atoms with van der Waals surface area (Å²) in [5, 5.41) is 5.78. The summed E-state index contributed by atoms with van der Waals surface area (Å²) < 4.78 is 10.0. The van der Waals surface area contributed by atoms with E-state index in [0.717, 1.165) is 37.1 Å². The first kappa shape index (κ1) is 16.9. The van der Waals surface area contributed by atoms with Gasteiger partial charge in [0.05, 0.1) is 11.7 Å². The number of hydrogen-bond donors (Lipinski definition) is 1. The van der Waals surface area contributed by atoms with Crippen LogP contribution in [0.5, 0.6) is 5.75 Å². The normalized spacial score (nSPS) is 15.6. The van der Waals surface area contributed by atoms with Crippen molar-refractivity contribution < 1.29 is 4.74 Å². The van der Waals surface area contributed by atoms with E-state index in [1.54, 1.807) is 17.9 Å². The Bertz CT molecular complexity index is 1210. The van der Waals surface area contributed by atoms with Crippen LogP contribution in [0.4, 0.5) is 5.95 Å². The van der Waals surface area contributed by atoms with Gasteiger partial charge in [0, 0.05) is 51.6 Å². The zero-order chi connectivity index (χ0) is 19.3. The average molecular weight is 378 g/mol. The molecule has 144 valence electrons. The van der Waals surface area contributed by atoms with Crippen LogP contribution in [0.3, 0.4) is 0 Å². The van der Waals surface area contributed by atoms with Crippen LogP contribution in [-0.2, 0) is 14.1 Å². The van der Waals surface area contributed by atoms with Crippen LogP contribution >= 0.6 is 0 Å². The predicted octanol–water partition coefficient (Wildman–Crippen LogP) is 2.20. The molecule has 1 aliphatic rings. The van der Waals surface area contributed by atoms with Crippen molar-refractivity contribution in [3.63, 3.8) is 0 Å². The second-order valence-electron chi connectivity index (χ2n) is 7.31. The lowest BCUT2D eigenvalue weighted by Crippen LogP contribution is -2.39. The lowest BCUT2D eigenvalue weighted by Gasteiger charge is -2.32. The van der Waals surface area contributed by atoms with E-state index >= 15 is 0 Å². The lowest BCUT2D eigenvalue weighted by atomic mass is 10.1. The first-order valence-corrected chi connectivity index (χ1v) is 9.48. The van der Waals surface area contributed by atoms with Crippen LogP contribution in [0.15, 0.2) is 41.5 Å². The van der Waals surface area contributed by atoms with E-state index < -0.39 is 0 Å². The monoisotopic (exact) mass is 378 g/mol. The third kappa shape index (κ3) is 2.72. The van der Waals surface area contributed by atoms with Gasteiger partial charge in [-0.1, -0.05) is 6.07 Å². The van der Waals surface area contributed by atoms with Crippen molar-refractivity contribution in [1.29, 1.82) is 0 Å².